The minimum Gasteiger partial charge on any atom is -0.338 e. The van der Waals surface area contributed by atoms with Crippen LogP contribution in [0.25, 0.3) is 0 Å². The first-order chi connectivity index (χ1) is 8.86. The topological polar surface area (TPSA) is 68.2 Å². The molecule has 2 heterocycles. The summed E-state index contributed by atoms with van der Waals surface area (Å²) in [6.07, 6.45) is 8.28. The molecule has 2 N–H and O–H groups in total. The number of nitrogens with zero attached hydrogens (tertiary/aromatic N) is 3. The molecule has 108 valence electrons. The van der Waals surface area contributed by atoms with E-state index in [1.807, 2.05) is 0 Å². The van der Waals surface area contributed by atoms with Crippen molar-refractivity contribution in [2.24, 2.45) is 11.7 Å². The molecular formula is C13H23ClN4O. The monoisotopic (exact) mass is 286 g/mol. The minimum atomic E-state index is 0. The van der Waals surface area contributed by atoms with Crippen molar-refractivity contribution in [1.82, 2.24) is 15.0 Å². The van der Waals surface area contributed by atoms with Gasteiger partial charge in [0.2, 0.25) is 5.89 Å². The van der Waals surface area contributed by atoms with E-state index >= 15 is 0 Å². The Bertz CT molecular complexity index is 392. The van der Waals surface area contributed by atoms with Crippen molar-refractivity contribution in [1.29, 1.82) is 0 Å². The van der Waals surface area contributed by atoms with E-state index < -0.39 is 0 Å². The average Bonchev–Trinajstić information content (AvgIpc) is 3.09. The molecule has 1 unspecified atom stereocenters. The molecule has 3 rings (SSSR count). The highest BCUT2D eigenvalue weighted by Gasteiger charge is 2.33. The smallest absolute Gasteiger partial charge is 0.240 e. The molecule has 1 aliphatic heterocycles. The normalized spacial score (nSPS) is 24.8. The largest absolute Gasteiger partial charge is 0.338 e. The lowest BCUT2D eigenvalue weighted by Crippen LogP contribution is -2.34. The lowest BCUT2D eigenvalue weighted by molar-refractivity contribution is 0.177. The molecule has 0 bridgehead atoms. The molecule has 1 saturated carbocycles. The molecular weight excluding hydrogens is 264 g/mol. The van der Waals surface area contributed by atoms with Gasteiger partial charge in [0, 0.05) is 6.04 Å². The van der Waals surface area contributed by atoms with Crippen molar-refractivity contribution in [3.63, 3.8) is 0 Å². The van der Waals surface area contributed by atoms with Gasteiger partial charge < -0.3 is 10.3 Å². The highest BCUT2D eigenvalue weighted by molar-refractivity contribution is 5.85. The second-order valence-corrected chi connectivity index (χ2v) is 5.53. The Balaban J connectivity index is 0.00000133. The zero-order valence-corrected chi connectivity index (χ0v) is 12.1. The van der Waals surface area contributed by atoms with Crippen LogP contribution in [-0.2, 0) is 13.1 Å². The van der Waals surface area contributed by atoms with Gasteiger partial charge in [-0.05, 0) is 38.1 Å². The third kappa shape index (κ3) is 3.27. The zero-order valence-electron chi connectivity index (χ0n) is 11.3. The number of likely N-dealkylation sites (tertiary alicyclic amines) is 1. The van der Waals surface area contributed by atoms with E-state index in [-0.39, 0.29) is 12.4 Å². The van der Waals surface area contributed by atoms with E-state index in [0.29, 0.717) is 12.4 Å². The fourth-order valence-electron chi connectivity index (χ4n) is 3.54. The van der Waals surface area contributed by atoms with Gasteiger partial charge in [-0.3, -0.25) is 4.90 Å². The van der Waals surface area contributed by atoms with Crippen LogP contribution >= 0.6 is 12.4 Å². The van der Waals surface area contributed by atoms with E-state index in [0.717, 1.165) is 24.3 Å². The van der Waals surface area contributed by atoms with Crippen molar-refractivity contribution < 1.29 is 4.52 Å². The first kappa shape index (κ1) is 14.8. The molecule has 6 heteroatoms. The Labute approximate surface area is 120 Å². The number of hydrogen-bond donors (Lipinski definition) is 1. The quantitative estimate of drug-likeness (QED) is 0.918. The van der Waals surface area contributed by atoms with Crippen molar-refractivity contribution in [2.75, 3.05) is 6.54 Å². The highest BCUT2D eigenvalue weighted by Crippen LogP contribution is 2.35. The maximum atomic E-state index is 5.49. The summed E-state index contributed by atoms with van der Waals surface area (Å²) >= 11 is 0. The number of aromatic nitrogens is 2. The Morgan fingerprint density at radius 1 is 1.21 bits per heavy atom. The van der Waals surface area contributed by atoms with Crippen LogP contribution in [0.3, 0.4) is 0 Å². The molecule has 1 aromatic rings. The molecule has 2 fully saturated rings. The van der Waals surface area contributed by atoms with Crippen LogP contribution in [-0.4, -0.2) is 27.6 Å². The van der Waals surface area contributed by atoms with Crippen LogP contribution < -0.4 is 5.73 Å². The standard InChI is InChI=1S/C13H22N4O.ClH/c14-8-13-15-12(16-18-13)9-17-7-3-6-11(17)10-4-1-2-5-10;/h10-11H,1-9,14H2;1H. The third-order valence-electron chi connectivity index (χ3n) is 4.39. The van der Waals surface area contributed by atoms with Gasteiger partial charge in [-0.15, -0.1) is 12.4 Å². The predicted molar refractivity (Wildman–Crippen MR) is 74.8 cm³/mol. The molecule has 1 aromatic heterocycles. The fourth-order valence-corrected chi connectivity index (χ4v) is 3.54. The van der Waals surface area contributed by atoms with Gasteiger partial charge in [0.1, 0.15) is 0 Å². The Hall–Kier alpha value is -0.650. The molecule has 2 aliphatic rings. The molecule has 1 saturated heterocycles. The summed E-state index contributed by atoms with van der Waals surface area (Å²) in [6, 6.07) is 0.743. The first-order valence-electron chi connectivity index (χ1n) is 7.12. The molecule has 5 nitrogen and oxygen atoms in total. The summed E-state index contributed by atoms with van der Waals surface area (Å²) < 4.78 is 5.07. The molecule has 19 heavy (non-hydrogen) atoms. The Kier molecular flexibility index (Phi) is 5.19. The van der Waals surface area contributed by atoms with Gasteiger partial charge in [-0.2, -0.15) is 4.98 Å². The van der Waals surface area contributed by atoms with Crippen LogP contribution in [0.2, 0.25) is 0 Å². The van der Waals surface area contributed by atoms with Crippen molar-refractivity contribution in [2.45, 2.75) is 57.7 Å². The lowest BCUT2D eigenvalue weighted by Gasteiger charge is -2.28. The predicted octanol–water partition coefficient (Wildman–Crippen LogP) is 2.10. The highest BCUT2D eigenvalue weighted by atomic mass is 35.5. The van der Waals surface area contributed by atoms with E-state index in [2.05, 4.69) is 15.0 Å². The van der Waals surface area contributed by atoms with Crippen LogP contribution in [0.4, 0.5) is 0 Å². The second-order valence-electron chi connectivity index (χ2n) is 5.53. The van der Waals surface area contributed by atoms with Gasteiger partial charge in [0.15, 0.2) is 5.82 Å². The van der Waals surface area contributed by atoms with E-state index in [1.54, 1.807) is 0 Å². The van der Waals surface area contributed by atoms with Gasteiger partial charge in [0.25, 0.3) is 0 Å². The fraction of sp³-hybridized carbons (Fsp3) is 0.846. The van der Waals surface area contributed by atoms with Crippen LogP contribution in [0.1, 0.15) is 50.2 Å². The van der Waals surface area contributed by atoms with E-state index in [4.69, 9.17) is 10.3 Å². The summed E-state index contributed by atoms with van der Waals surface area (Å²) in [6.45, 7) is 2.33. The molecule has 0 radical (unpaired) electrons. The van der Waals surface area contributed by atoms with Crippen molar-refractivity contribution in [3.8, 4) is 0 Å². The number of nitrogens with two attached hydrogens (primary N) is 1. The molecule has 1 atom stereocenters. The second kappa shape index (κ2) is 6.68. The number of rotatable bonds is 4. The summed E-state index contributed by atoms with van der Waals surface area (Å²) in [5.41, 5.74) is 5.49. The van der Waals surface area contributed by atoms with Crippen molar-refractivity contribution >= 4 is 12.4 Å². The van der Waals surface area contributed by atoms with Crippen molar-refractivity contribution in [3.05, 3.63) is 11.7 Å². The van der Waals surface area contributed by atoms with E-state index in [1.165, 1.54) is 45.1 Å². The third-order valence-corrected chi connectivity index (χ3v) is 4.39. The molecule has 0 aromatic carbocycles. The van der Waals surface area contributed by atoms with Crippen LogP contribution in [0.15, 0.2) is 4.52 Å². The molecule has 1 aliphatic carbocycles. The van der Waals surface area contributed by atoms with E-state index in [9.17, 15) is 0 Å². The maximum Gasteiger partial charge on any atom is 0.240 e. The van der Waals surface area contributed by atoms with Gasteiger partial charge in [-0.1, -0.05) is 18.0 Å². The zero-order chi connectivity index (χ0) is 12.4. The number of halogens is 1. The van der Waals surface area contributed by atoms with Crippen LogP contribution in [0.5, 0.6) is 0 Å². The Morgan fingerprint density at radius 2 is 2.00 bits per heavy atom. The lowest BCUT2D eigenvalue weighted by atomic mass is 9.96. The summed E-state index contributed by atoms with van der Waals surface area (Å²) in [5, 5.41) is 4.00. The average molecular weight is 287 g/mol. The van der Waals surface area contributed by atoms with Gasteiger partial charge >= 0.3 is 0 Å². The molecule has 0 spiro atoms. The number of hydrogen-bond acceptors (Lipinski definition) is 5. The SMILES string of the molecule is Cl.NCc1nc(CN2CCCC2C2CCCC2)no1. The summed E-state index contributed by atoms with van der Waals surface area (Å²) in [4.78, 5) is 6.85. The van der Waals surface area contributed by atoms with Crippen LogP contribution in [0, 0.1) is 5.92 Å². The Morgan fingerprint density at radius 3 is 2.68 bits per heavy atom. The van der Waals surface area contributed by atoms with Gasteiger partial charge in [-0.25, -0.2) is 0 Å². The molecule has 0 amide bonds. The first-order valence-corrected chi connectivity index (χ1v) is 7.12. The maximum absolute atomic E-state index is 5.49. The summed E-state index contributed by atoms with van der Waals surface area (Å²) in [7, 11) is 0. The minimum absolute atomic E-state index is 0. The summed E-state index contributed by atoms with van der Waals surface area (Å²) in [5.74, 6) is 2.23. The van der Waals surface area contributed by atoms with Gasteiger partial charge in [0.05, 0.1) is 13.1 Å².